The molecule has 1 aromatic carbocycles. The van der Waals surface area contributed by atoms with Crippen LogP contribution in [0.1, 0.15) is 25.8 Å². The lowest BCUT2D eigenvalue weighted by Crippen LogP contribution is -2.26. The molecule has 0 unspecified atom stereocenters. The number of nitrogens with one attached hydrogen (secondary N) is 1. The van der Waals surface area contributed by atoms with Gasteiger partial charge in [0.15, 0.2) is 0 Å². The summed E-state index contributed by atoms with van der Waals surface area (Å²) in [6.07, 6.45) is 1.45. The largest absolute Gasteiger partial charge is 0.399 e. The van der Waals surface area contributed by atoms with Gasteiger partial charge in [-0.15, -0.1) is 0 Å². The topological polar surface area (TPSA) is 55.1 Å². The molecule has 88 valence electrons. The first kappa shape index (κ1) is 12.6. The van der Waals surface area contributed by atoms with Crippen molar-refractivity contribution in [2.24, 2.45) is 5.92 Å². The molecular formula is C13H20N2O. The number of benzene rings is 1. The van der Waals surface area contributed by atoms with Crippen molar-refractivity contribution in [1.29, 1.82) is 0 Å². The van der Waals surface area contributed by atoms with Gasteiger partial charge in [-0.05, 0) is 30.0 Å². The Kier molecular flexibility index (Phi) is 4.83. The van der Waals surface area contributed by atoms with Gasteiger partial charge in [0.05, 0.1) is 0 Å². The van der Waals surface area contributed by atoms with E-state index in [9.17, 15) is 4.79 Å². The minimum atomic E-state index is 0.130. The first-order chi connectivity index (χ1) is 7.58. The maximum absolute atomic E-state index is 11.4. The minimum Gasteiger partial charge on any atom is -0.399 e. The number of carbonyl (C=O) groups excluding carboxylic acids is 1. The van der Waals surface area contributed by atoms with E-state index in [0.717, 1.165) is 12.1 Å². The molecule has 1 aromatic rings. The van der Waals surface area contributed by atoms with E-state index in [1.165, 1.54) is 5.56 Å². The van der Waals surface area contributed by atoms with Crippen molar-refractivity contribution in [2.75, 3.05) is 12.3 Å². The number of amides is 1. The van der Waals surface area contributed by atoms with Crippen LogP contribution in [-0.4, -0.2) is 12.5 Å². The van der Waals surface area contributed by atoms with Gasteiger partial charge in [0, 0.05) is 18.7 Å². The summed E-state index contributed by atoms with van der Waals surface area (Å²) in [5, 5.41) is 2.91. The van der Waals surface area contributed by atoms with E-state index in [1.54, 1.807) is 0 Å². The molecule has 3 N–H and O–H groups in total. The molecule has 0 saturated carbocycles. The first-order valence-electron chi connectivity index (χ1n) is 5.69. The molecule has 0 aliphatic carbocycles. The summed E-state index contributed by atoms with van der Waals surface area (Å²) in [6, 6.07) is 7.74. The highest BCUT2D eigenvalue weighted by Crippen LogP contribution is 2.05. The van der Waals surface area contributed by atoms with Gasteiger partial charge in [-0.25, -0.2) is 0 Å². The van der Waals surface area contributed by atoms with Crippen LogP contribution >= 0.6 is 0 Å². The van der Waals surface area contributed by atoms with Crippen molar-refractivity contribution in [3.63, 3.8) is 0 Å². The highest BCUT2D eigenvalue weighted by molar-refractivity contribution is 5.76. The minimum absolute atomic E-state index is 0.130. The third-order valence-electron chi connectivity index (χ3n) is 2.31. The van der Waals surface area contributed by atoms with Crippen molar-refractivity contribution >= 4 is 11.6 Å². The Hall–Kier alpha value is -1.51. The smallest absolute Gasteiger partial charge is 0.220 e. The van der Waals surface area contributed by atoms with E-state index in [-0.39, 0.29) is 5.91 Å². The predicted octanol–water partition coefficient (Wildman–Crippen LogP) is 1.97. The van der Waals surface area contributed by atoms with Crippen molar-refractivity contribution in [3.8, 4) is 0 Å². The molecule has 0 aliphatic heterocycles. The average Bonchev–Trinajstić information content (AvgIpc) is 2.20. The number of nitrogens with two attached hydrogens (primary N) is 1. The molecule has 0 fully saturated rings. The lowest BCUT2D eigenvalue weighted by Gasteiger charge is -2.07. The van der Waals surface area contributed by atoms with Crippen molar-refractivity contribution in [1.82, 2.24) is 5.32 Å². The second-order valence-corrected chi connectivity index (χ2v) is 4.44. The Morgan fingerprint density at radius 2 is 1.94 bits per heavy atom. The second-order valence-electron chi connectivity index (χ2n) is 4.44. The zero-order valence-electron chi connectivity index (χ0n) is 9.99. The zero-order chi connectivity index (χ0) is 12.0. The van der Waals surface area contributed by atoms with Gasteiger partial charge < -0.3 is 11.1 Å². The molecule has 0 saturated heterocycles. The Bertz CT molecular complexity index is 330. The van der Waals surface area contributed by atoms with Gasteiger partial charge in [-0.1, -0.05) is 26.0 Å². The molecule has 0 aromatic heterocycles. The molecule has 1 rings (SSSR count). The Morgan fingerprint density at radius 1 is 1.31 bits per heavy atom. The molecule has 0 bridgehead atoms. The van der Waals surface area contributed by atoms with Gasteiger partial charge in [0.2, 0.25) is 5.91 Å². The fourth-order valence-corrected chi connectivity index (χ4v) is 1.47. The molecule has 0 radical (unpaired) electrons. The lowest BCUT2D eigenvalue weighted by molar-refractivity contribution is -0.121. The number of nitrogen functional groups attached to an aromatic ring is 1. The van der Waals surface area contributed by atoms with Crippen LogP contribution in [0.2, 0.25) is 0 Å². The molecule has 3 heteroatoms. The molecule has 16 heavy (non-hydrogen) atoms. The highest BCUT2D eigenvalue weighted by atomic mass is 16.1. The number of rotatable bonds is 5. The van der Waals surface area contributed by atoms with E-state index in [1.807, 2.05) is 38.1 Å². The van der Waals surface area contributed by atoms with Crippen LogP contribution < -0.4 is 11.1 Å². The highest BCUT2D eigenvalue weighted by Gasteiger charge is 2.03. The summed E-state index contributed by atoms with van der Waals surface area (Å²) in [6.45, 7) is 4.77. The summed E-state index contributed by atoms with van der Waals surface area (Å²) >= 11 is 0. The summed E-state index contributed by atoms with van der Waals surface area (Å²) in [5.74, 6) is 0.543. The number of carbonyl (C=O) groups is 1. The van der Waals surface area contributed by atoms with Crippen molar-refractivity contribution in [3.05, 3.63) is 29.8 Å². The predicted molar refractivity (Wildman–Crippen MR) is 67.0 cm³/mol. The van der Waals surface area contributed by atoms with E-state index in [0.29, 0.717) is 18.9 Å². The van der Waals surface area contributed by atoms with Crippen LogP contribution in [0.25, 0.3) is 0 Å². The van der Waals surface area contributed by atoms with E-state index in [2.05, 4.69) is 5.32 Å². The SMILES string of the molecule is CC(C)CC(=O)NCCc1ccc(N)cc1. The Labute approximate surface area is 97.0 Å². The van der Waals surface area contributed by atoms with Gasteiger partial charge >= 0.3 is 0 Å². The van der Waals surface area contributed by atoms with Gasteiger partial charge in [-0.3, -0.25) is 4.79 Å². The van der Waals surface area contributed by atoms with Crippen LogP contribution in [0.5, 0.6) is 0 Å². The normalized spacial score (nSPS) is 10.4. The molecule has 3 nitrogen and oxygen atoms in total. The Balaban J connectivity index is 2.25. The summed E-state index contributed by atoms with van der Waals surface area (Å²) < 4.78 is 0. The van der Waals surface area contributed by atoms with Crippen LogP contribution in [0.4, 0.5) is 5.69 Å². The van der Waals surface area contributed by atoms with Crippen molar-refractivity contribution in [2.45, 2.75) is 26.7 Å². The van der Waals surface area contributed by atoms with Gasteiger partial charge in [-0.2, -0.15) is 0 Å². The van der Waals surface area contributed by atoms with E-state index >= 15 is 0 Å². The van der Waals surface area contributed by atoms with Crippen molar-refractivity contribution < 1.29 is 4.79 Å². The third-order valence-corrected chi connectivity index (χ3v) is 2.31. The molecule has 0 heterocycles. The van der Waals surface area contributed by atoms with Gasteiger partial charge in [0.1, 0.15) is 0 Å². The fourth-order valence-electron chi connectivity index (χ4n) is 1.47. The first-order valence-corrected chi connectivity index (χ1v) is 5.69. The number of hydrogen-bond donors (Lipinski definition) is 2. The van der Waals surface area contributed by atoms with Gasteiger partial charge in [0.25, 0.3) is 0 Å². The average molecular weight is 220 g/mol. The maximum atomic E-state index is 11.4. The third kappa shape index (κ3) is 4.82. The molecule has 0 aliphatic rings. The van der Waals surface area contributed by atoms with E-state index in [4.69, 9.17) is 5.73 Å². The molecule has 0 spiro atoms. The van der Waals surface area contributed by atoms with Crippen LogP contribution in [0, 0.1) is 5.92 Å². The molecular weight excluding hydrogens is 200 g/mol. The van der Waals surface area contributed by atoms with Crippen LogP contribution in [0.3, 0.4) is 0 Å². The Morgan fingerprint density at radius 3 is 2.50 bits per heavy atom. The maximum Gasteiger partial charge on any atom is 0.220 e. The number of anilines is 1. The van der Waals surface area contributed by atoms with Crippen LogP contribution in [-0.2, 0) is 11.2 Å². The van der Waals surface area contributed by atoms with Crippen LogP contribution in [0.15, 0.2) is 24.3 Å². The monoisotopic (exact) mass is 220 g/mol. The lowest BCUT2D eigenvalue weighted by atomic mass is 10.1. The second kappa shape index (κ2) is 6.16. The summed E-state index contributed by atoms with van der Waals surface area (Å²) in [5.41, 5.74) is 7.55. The molecule has 1 amide bonds. The van der Waals surface area contributed by atoms with E-state index < -0.39 is 0 Å². The number of hydrogen-bond acceptors (Lipinski definition) is 2. The fraction of sp³-hybridized carbons (Fsp3) is 0.462. The standard InChI is InChI=1S/C13H20N2O/c1-10(2)9-13(16)15-8-7-11-3-5-12(14)6-4-11/h3-6,10H,7-9,14H2,1-2H3,(H,15,16). The zero-order valence-corrected chi connectivity index (χ0v) is 9.99. The summed E-state index contributed by atoms with van der Waals surface area (Å²) in [4.78, 5) is 11.4. The quantitative estimate of drug-likeness (QED) is 0.745. The summed E-state index contributed by atoms with van der Waals surface area (Å²) in [7, 11) is 0. The molecule has 0 atom stereocenters.